The highest BCUT2D eigenvalue weighted by Gasteiger charge is 2.54. The Bertz CT molecular complexity index is 1060. The van der Waals surface area contributed by atoms with Crippen LogP contribution in [-0.2, 0) is 19.6 Å². The number of amidine groups is 1. The number of carbonyl (C=O) groups is 2. The van der Waals surface area contributed by atoms with Crippen LogP contribution in [0.1, 0.15) is 26.7 Å². The molecule has 4 rings (SSSR count). The van der Waals surface area contributed by atoms with Gasteiger partial charge in [0.05, 0.1) is 15.5 Å². The van der Waals surface area contributed by atoms with Crippen LogP contribution in [0.5, 0.6) is 0 Å². The molecule has 0 aliphatic carbocycles. The smallest absolute Gasteiger partial charge is 0.252 e. The summed E-state index contributed by atoms with van der Waals surface area (Å²) in [5.41, 5.74) is 0.472. The van der Waals surface area contributed by atoms with Gasteiger partial charge < -0.3 is 4.90 Å². The summed E-state index contributed by atoms with van der Waals surface area (Å²) in [5.74, 6) is 0.505. The van der Waals surface area contributed by atoms with E-state index in [1.165, 1.54) is 38.0 Å². The van der Waals surface area contributed by atoms with Crippen molar-refractivity contribution in [3.05, 3.63) is 24.3 Å². The number of hydrogen-bond acceptors (Lipinski definition) is 7. The van der Waals surface area contributed by atoms with E-state index in [4.69, 9.17) is 0 Å². The fraction of sp³-hybridized carbons (Fsp3) is 0.550. The van der Waals surface area contributed by atoms with E-state index < -0.39 is 16.1 Å². The van der Waals surface area contributed by atoms with E-state index in [1.54, 1.807) is 33.7 Å². The van der Waals surface area contributed by atoms with Crippen molar-refractivity contribution in [2.24, 2.45) is 4.99 Å². The van der Waals surface area contributed by atoms with Gasteiger partial charge in [0, 0.05) is 38.1 Å². The molecule has 3 atom stereocenters. The Balaban J connectivity index is 1.63. The van der Waals surface area contributed by atoms with Crippen LogP contribution in [0, 0.1) is 0 Å². The monoisotopic (exact) mass is 482 g/mol. The Morgan fingerprint density at radius 2 is 2.06 bits per heavy atom. The lowest BCUT2D eigenvalue weighted by Crippen LogP contribution is -2.51. The lowest BCUT2D eigenvalue weighted by molar-refractivity contribution is -0.141. The second-order valence-corrected chi connectivity index (χ2v) is 13.4. The zero-order valence-electron chi connectivity index (χ0n) is 17.9. The van der Waals surface area contributed by atoms with Crippen LogP contribution in [0.15, 0.2) is 34.2 Å². The Hall–Kier alpha value is -1.56. The summed E-state index contributed by atoms with van der Waals surface area (Å²) in [6.45, 7) is 4.57. The number of carbonyl (C=O) groups excluding carboxylic acids is 2. The molecule has 1 aromatic carbocycles. The number of benzene rings is 1. The first-order valence-electron chi connectivity index (χ1n) is 10.1. The molecule has 31 heavy (non-hydrogen) atoms. The third kappa shape index (κ3) is 4.01. The number of fused-ring (bicyclic) bond motifs is 1. The van der Waals surface area contributed by atoms with Crippen LogP contribution < -0.4 is 0 Å². The summed E-state index contributed by atoms with van der Waals surface area (Å²) < 4.78 is 26.1. The molecule has 8 nitrogen and oxygen atoms in total. The highest BCUT2D eigenvalue weighted by atomic mass is 32.2. The molecule has 0 bridgehead atoms. The predicted molar refractivity (Wildman–Crippen MR) is 124 cm³/mol. The van der Waals surface area contributed by atoms with Crippen molar-refractivity contribution in [2.75, 3.05) is 26.4 Å². The topological polar surface area (TPSA) is 90.4 Å². The second kappa shape index (κ2) is 8.09. The molecule has 3 saturated heterocycles. The minimum absolute atomic E-state index is 0.0332. The molecule has 0 spiro atoms. The average molecular weight is 483 g/mol. The molecule has 3 fully saturated rings. The number of nitrogens with zero attached hydrogens (tertiary/aromatic N) is 4. The van der Waals surface area contributed by atoms with Crippen molar-refractivity contribution in [3.8, 4) is 0 Å². The zero-order chi connectivity index (χ0) is 22.6. The summed E-state index contributed by atoms with van der Waals surface area (Å²) >= 11 is 3.15. The van der Waals surface area contributed by atoms with Gasteiger partial charge in [-0.05, 0) is 31.5 Å². The number of thioether (sulfide) groups is 2. The molecule has 3 heterocycles. The van der Waals surface area contributed by atoms with Crippen molar-refractivity contribution in [3.63, 3.8) is 0 Å². The predicted octanol–water partition coefficient (Wildman–Crippen LogP) is 2.34. The highest BCUT2D eigenvalue weighted by molar-refractivity contribution is 8.14. The zero-order valence-corrected chi connectivity index (χ0v) is 20.4. The number of hydrogen-bond donors (Lipinski definition) is 0. The van der Waals surface area contributed by atoms with Crippen LogP contribution in [-0.4, -0.2) is 82.1 Å². The van der Waals surface area contributed by atoms with Crippen molar-refractivity contribution in [2.45, 2.75) is 47.7 Å². The molecular weight excluding hydrogens is 456 g/mol. The molecule has 1 aromatic rings. The van der Waals surface area contributed by atoms with Crippen LogP contribution in [0.4, 0.5) is 5.69 Å². The van der Waals surface area contributed by atoms with Gasteiger partial charge in [-0.1, -0.05) is 24.8 Å². The molecular formula is C20H26N4O4S3. The van der Waals surface area contributed by atoms with Crippen LogP contribution in [0.2, 0.25) is 0 Å². The van der Waals surface area contributed by atoms with Gasteiger partial charge >= 0.3 is 0 Å². The fourth-order valence-electron chi connectivity index (χ4n) is 4.11. The van der Waals surface area contributed by atoms with E-state index in [-0.39, 0.29) is 26.8 Å². The molecule has 168 valence electrons. The van der Waals surface area contributed by atoms with Crippen molar-refractivity contribution >= 4 is 56.2 Å². The van der Waals surface area contributed by atoms with Gasteiger partial charge in [-0.3, -0.25) is 14.5 Å². The van der Waals surface area contributed by atoms with E-state index in [0.29, 0.717) is 29.6 Å². The van der Waals surface area contributed by atoms with Gasteiger partial charge in [0.25, 0.3) is 5.91 Å². The normalized spacial score (nSPS) is 30.0. The SMILES string of the molecule is C[C@H]1CN(C(=O)[C@@H]2CS[C@@]3(C)CCC(=O)N23)C(=Nc2cccc(S(=O)(=O)N(C)C)c2)S1. The van der Waals surface area contributed by atoms with Gasteiger partial charge in [-0.25, -0.2) is 17.7 Å². The Morgan fingerprint density at radius 3 is 2.77 bits per heavy atom. The van der Waals surface area contributed by atoms with Crippen molar-refractivity contribution in [1.82, 2.24) is 14.1 Å². The summed E-state index contributed by atoms with van der Waals surface area (Å²) in [6.07, 6.45) is 1.24. The summed E-state index contributed by atoms with van der Waals surface area (Å²) in [4.78, 5) is 33.8. The van der Waals surface area contributed by atoms with Gasteiger partial charge in [0.15, 0.2) is 5.17 Å². The Kier molecular flexibility index (Phi) is 5.91. The third-order valence-electron chi connectivity index (χ3n) is 5.79. The molecule has 3 aliphatic heterocycles. The standard InChI is InChI=1S/C20H26N4O4S3/c1-13-11-23(18(26)16-12-29-20(2)9-8-17(25)24(16)20)19(30-13)21-14-6-5-7-15(10-14)31(27,28)22(3)4/h5-7,10,13,16H,8-9,11-12H2,1-4H3/t13-,16-,20-/m0/s1. The maximum absolute atomic E-state index is 13.5. The van der Waals surface area contributed by atoms with Crippen LogP contribution in [0.25, 0.3) is 0 Å². The van der Waals surface area contributed by atoms with Gasteiger partial charge in [0.2, 0.25) is 15.9 Å². The average Bonchev–Trinajstić information content (AvgIpc) is 3.34. The van der Waals surface area contributed by atoms with Gasteiger partial charge in [0.1, 0.15) is 6.04 Å². The molecule has 0 unspecified atom stereocenters. The first kappa shape index (κ1) is 22.6. The van der Waals surface area contributed by atoms with E-state index in [0.717, 1.165) is 10.7 Å². The van der Waals surface area contributed by atoms with Crippen LogP contribution >= 0.6 is 23.5 Å². The minimum atomic E-state index is -3.58. The largest absolute Gasteiger partial charge is 0.315 e. The van der Waals surface area contributed by atoms with Crippen LogP contribution in [0.3, 0.4) is 0 Å². The van der Waals surface area contributed by atoms with Crippen molar-refractivity contribution in [1.29, 1.82) is 0 Å². The highest BCUT2D eigenvalue weighted by Crippen LogP contribution is 2.48. The maximum Gasteiger partial charge on any atom is 0.252 e. The number of amides is 2. The fourth-order valence-corrected chi connectivity index (χ4v) is 7.50. The van der Waals surface area contributed by atoms with E-state index >= 15 is 0 Å². The summed E-state index contributed by atoms with van der Waals surface area (Å²) in [7, 11) is -0.616. The molecule has 2 amide bonds. The third-order valence-corrected chi connectivity index (χ3v) is 10.2. The molecule has 0 radical (unpaired) electrons. The minimum Gasteiger partial charge on any atom is -0.315 e. The maximum atomic E-state index is 13.5. The molecule has 11 heteroatoms. The lowest BCUT2D eigenvalue weighted by atomic mass is 10.2. The Labute approximate surface area is 191 Å². The molecule has 3 aliphatic rings. The van der Waals surface area contributed by atoms with Gasteiger partial charge in [-0.2, -0.15) is 0 Å². The van der Waals surface area contributed by atoms with Gasteiger partial charge in [-0.15, -0.1) is 11.8 Å². The second-order valence-electron chi connectivity index (χ2n) is 8.32. The van der Waals surface area contributed by atoms with E-state index in [1.807, 2.05) is 13.8 Å². The molecule has 0 N–H and O–H groups in total. The first-order chi connectivity index (χ1) is 14.5. The molecule has 0 saturated carbocycles. The summed E-state index contributed by atoms with van der Waals surface area (Å²) in [5, 5.41) is 0.702. The van der Waals surface area contributed by atoms with E-state index in [2.05, 4.69) is 4.99 Å². The van der Waals surface area contributed by atoms with E-state index in [9.17, 15) is 18.0 Å². The number of sulfonamides is 1. The molecule has 0 aromatic heterocycles. The van der Waals surface area contributed by atoms with Crippen molar-refractivity contribution < 1.29 is 18.0 Å². The Morgan fingerprint density at radius 1 is 1.32 bits per heavy atom. The first-order valence-corrected chi connectivity index (χ1v) is 13.4. The lowest BCUT2D eigenvalue weighted by Gasteiger charge is -2.31. The number of rotatable bonds is 4. The summed E-state index contributed by atoms with van der Waals surface area (Å²) in [6, 6.07) is 5.93. The number of aliphatic imine (C=N–C) groups is 1. The quantitative estimate of drug-likeness (QED) is 0.654.